The number of hydrogen-bond donors (Lipinski definition) is 1. The molecule has 0 fully saturated rings. The van der Waals surface area contributed by atoms with E-state index in [1.165, 1.54) is 0 Å². The fraction of sp³-hybridized carbons (Fsp3) is 0.143. The Balaban J connectivity index is 2.41. The zero-order valence-corrected chi connectivity index (χ0v) is 13.0. The van der Waals surface area contributed by atoms with Crippen molar-refractivity contribution in [2.75, 3.05) is 4.72 Å². The van der Waals surface area contributed by atoms with Gasteiger partial charge < -0.3 is 0 Å². The highest BCUT2D eigenvalue weighted by atomic mass is 79.9. The van der Waals surface area contributed by atoms with Crippen LogP contribution in [0.1, 0.15) is 11.1 Å². The Kier molecular flexibility index (Phi) is 3.96. The van der Waals surface area contributed by atoms with Crippen LogP contribution in [-0.2, 0) is 10.0 Å². The number of anilines is 1. The summed E-state index contributed by atoms with van der Waals surface area (Å²) in [6.45, 7) is 3.73. The normalized spacial score (nSPS) is 11.3. The lowest BCUT2D eigenvalue weighted by atomic mass is 10.2. The predicted octanol–water partition coefficient (Wildman–Crippen LogP) is 3.87. The van der Waals surface area contributed by atoms with Crippen molar-refractivity contribution in [3.63, 3.8) is 0 Å². The number of para-hydroxylation sites is 1. The number of halogens is 1. The highest BCUT2D eigenvalue weighted by molar-refractivity contribution is 9.10. The molecule has 0 aliphatic rings. The highest BCUT2D eigenvalue weighted by Crippen LogP contribution is 2.25. The molecule has 1 N–H and O–H groups in total. The molecule has 0 aromatic heterocycles. The van der Waals surface area contributed by atoms with Crippen molar-refractivity contribution in [3.05, 3.63) is 58.1 Å². The van der Waals surface area contributed by atoms with Crippen LogP contribution in [0, 0.1) is 13.8 Å². The molecule has 0 saturated heterocycles. The van der Waals surface area contributed by atoms with Crippen molar-refractivity contribution < 1.29 is 8.42 Å². The third-order valence-electron chi connectivity index (χ3n) is 2.74. The van der Waals surface area contributed by atoms with Crippen molar-refractivity contribution in [2.45, 2.75) is 18.7 Å². The SMILES string of the molecule is Cc1ccc(S(=O)(=O)Nc2ccccc2Br)c(C)c1. The Labute approximate surface area is 121 Å². The molecule has 2 aromatic rings. The van der Waals surface area contributed by atoms with Gasteiger partial charge in [-0.05, 0) is 53.5 Å². The smallest absolute Gasteiger partial charge is 0.262 e. The maximum absolute atomic E-state index is 12.4. The fourth-order valence-corrected chi connectivity index (χ4v) is 3.67. The van der Waals surface area contributed by atoms with Gasteiger partial charge in [0, 0.05) is 4.47 Å². The molecule has 0 atom stereocenters. The van der Waals surface area contributed by atoms with Gasteiger partial charge in [0.1, 0.15) is 0 Å². The molecule has 0 radical (unpaired) electrons. The van der Waals surface area contributed by atoms with E-state index in [0.717, 1.165) is 11.1 Å². The molecule has 100 valence electrons. The second-order valence-corrected chi connectivity index (χ2v) is 6.86. The monoisotopic (exact) mass is 339 g/mol. The molecule has 2 rings (SSSR count). The van der Waals surface area contributed by atoms with E-state index in [1.807, 2.05) is 19.1 Å². The van der Waals surface area contributed by atoms with Gasteiger partial charge >= 0.3 is 0 Å². The molecule has 0 aliphatic carbocycles. The lowest BCUT2D eigenvalue weighted by Gasteiger charge is -2.12. The Morgan fingerprint density at radius 1 is 1.05 bits per heavy atom. The summed E-state index contributed by atoms with van der Waals surface area (Å²) in [4.78, 5) is 0.300. The third kappa shape index (κ3) is 3.16. The van der Waals surface area contributed by atoms with E-state index >= 15 is 0 Å². The van der Waals surface area contributed by atoms with Gasteiger partial charge in [-0.25, -0.2) is 8.42 Å². The van der Waals surface area contributed by atoms with E-state index < -0.39 is 10.0 Å². The second-order valence-electron chi connectivity index (χ2n) is 4.35. The zero-order chi connectivity index (χ0) is 14.0. The summed E-state index contributed by atoms with van der Waals surface area (Å²) in [7, 11) is -3.56. The van der Waals surface area contributed by atoms with Crippen LogP contribution in [0.15, 0.2) is 51.8 Å². The Hall–Kier alpha value is -1.33. The van der Waals surface area contributed by atoms with Crippen LogP contribution in [0.3, 0.4) is 0 Å². The molecule has 0 heterocycles. The molecule has 0 unspecified atom stereocenters. The van der Waals surface area contributed by atoms with Crippen LogP contribution < -0.4 is 4.72 Å². The first kappa shape index (κ1) is 14.1. The fourth-order valence-electron chi connectivity index (χ4n) is 1.84. The largest absolute Gasteiger partial charge is 0.278 e. The van der Waals surface area contributed by atoms with Gasteiger partial charge in [-0.3, -0.25) is 4.72 Å². The maximum Gasteiger partial charge on any atom is 0.262 e. The van der Waals surface area contributed by atoms with Gasteiger partial charge in [0.15, 0.2) is 0 Å². The maximum atomic E-state index is 12.4. The number of sulfonamides is 1. The minimum atomic E-state index is -3.56. The first-order valence-electron chi connectivity index (χ1n) is 5.75. The number of rotatable bonds is 3. The van der Waals surface area contributed by atoms with E-state index in [1.54, 1.807) is 37.3 Å². The molecule has 0 aliphatic heterocycles. The third-order valence-corrected chi connectivity index (χ3v) is 4.96. The van der Waals surface area contributed by atoms with Crippen LogP contribution in [0.2, 0.25) is 0 Å². The van der Waals surface area contributed by atoms with Gasteiger partial charge in [-0.2, -0.15) is 0 Å². The molecule has 5 heteroatoms. The van der Waals surface area contributed by atoms with Gasteiger partial charge in [0.2, 0.25) is 0 Å². The van der Waals surface area contributed by atoms with Gasteiger partial charge in [-0.15, -0.1) is 0 Å². The lowest BCUT2D eigenvalue weighted by molar-refractivity contribution is 0.600. The summed E-state index contributed by atoms with van der Waals surface area (Å²) in [5.41, 5.74) is 2.30. The topological polar surface area (TPSA) is 46.2 Å². The summed E-state index contributed by atoms with van der Waals surface area (Å²) < 4.78 is 28.0. The minimum Gasteiger partial charge on any atom is -0.278 e. The first-order valence-corrected chi connectivity index (χ1v) is 8.02. The molecular weight excluding hydrogens is 326 g/mol. The standard InChI is InChI=1S/C14H14BrNO2S/c1-10-7-8-14(11(2)9-10)19(17,18)16-13-6-4-3-5-12(13)15/h3-9,16H,1-2H3. The van der Waals surface area contributed by atoms with Crippen LogP contribution in [0.25, 0.3) is 0 Å². The van der Waals surface area contributed by atoms with Crippen LogP contribution in [-0.4, -0.2) is 8.42 Å². The number of aryl methyl sites for hydroxylation is 2. The van der Waals surface area contributed by atoms with Crippen molar-refractivity contribution in [1.29, 1.82) is 0 Å². The molecule has 19 heavy (non-hydrogen) atoms. The molecule has 3 nitrogen and oxygen atoms in total. The van der Waals surface area contributed by atoms with E-state index in [9.17, 15) is 8.42 Å². The molecule has 0 saturated carbocycles. The Morgan fingerprint density at radius 2 is 1.74 bits per heavy atom. The summed E-state index contributed by atoms with van der Waals surface area (Å²) >= 11 is 3.32. The lowest BCUT2D eigenvalue weighted by Crippen LogP contribution is -2.14. The van der Waals surface area contributed by atoms with E-state index in [0.29, 0.717) is 15.1 Å². The van der Waals surface area contributed by atoms with Gasteiger partial charge in [0.25, 0.3) is 10.0 Å². The van der Waals surface area contributed by atoms with Crippen molar-refractivity contribution in [2.24, 2.45) is 0 Å². The van der Waals surface area contributed by atoms with Crippen LogP contribution in [0.4, 0.5) is 5.69 Å². The summed E-state index contributed by atoms with van der Waals surface area (Å²) in [5.74, 6) is 0. The molecule has 0 spiro atoms. The predicted molar refractivity (Wildman–Crippen MR) is 80.9 cm³/mol. The summed E-state index contributed by atoms with van der Waals surface area (Å²) in [6, 6.07) is 12.4. The molecule has 2 aromatic carbocycles. The van der Waals surface area contributed by atoms with Crippen LogP contribution >= 0.6 is 15.9 Å². The average Bonchev–Trinajstić information content (AvgIpc) is 2.31. The average molecular weight is 340 g/mol. The van der Waals surface area contributed by atoms with E-state index in [4.69, 9.17) is 0 Å². The summed E-state index contributed by atoms with van der Waals surface area (Å²) in [6.07, 6.45) is 0. The van der Waals surface area contributed by atoms with Gasteiger partial charge in [-0.1, -0.05) is 29.8 Å². The number of nitrogens with one attached hydrogen (secondary N) is 1. The van der Waals surface area contributed by atoms with Crippen molar-refractivity contribution in [3.8, 4) is 0 Å². The molecule has 0 bridgehead atoms. The van der Waals surface area contributed by atoms with Gasteiger partial charge in [0.05, 0.1) is 10.6 Å². The van der Waals surface area contributed by atoms with Crippen molar-refractivity contribution in [1.82, 2.24) is 0 Å². The molecular formula is C14H14BrNO2S. The van der Waals surface area contributed by atoms with E-state index in [2.05, 4.69) is 20.7 Å². The zero-order valence-electron chi connectivity index (χ0n) is 10.6. The van der Waals surface area contributed by atoms with Crippen LogP contribution in [0.5, 0.6) is 0 Å². The molecule has 0 amide bonds. The highest BCUT2D eigenvalue weighted by Gasteiger charge is 2.17. The number of benzene rings is 2. The van der Waals surface area contributed by atoms with Crippen molar-refractivity contribution >= 4 is 31.6 Å². The quantitative estimate of drug-likeness (QED) is 0.922. The second kappa shape index (κ2) is 5.35. The Morgan fingerprint density at radius 3 is 2.37 bits per heavy atom. The number of hydrogen-bond acceptors (Lipinski definition) is 2. The Bertz CT molecular complexity index is 711. The van der Waals surface area contributed by atoms with E-state index in [-0.39, 0.29) is 0 Å². The first-order chi connectivity index (χ1) is 8.90. The summed E-state index contributed by atoms with van der Waals surface area (Å²) in [5, 5.41) is 0. The minimum absolute atomic E-state index is 0.300.